The van der Waals surface area contributed by atoms with E-state index in [4.69, 9.17) is 4.74 Å². The van der Waals surface area contributed by atoms with Gasteiger partial charge in [0.2, 0.25) is 0 Å². The van der Waals surface area contributed by atoms with E-state index in [1.165, 1.54) is 0 Å². The van der Waals surface area contributed by atoms with Gasteiger partial charge in [-0.1, -0.05) is 42.5 Å². The number of esters is 1. The molecule has 2 aliphatic rings. The van der Waals surface area contributed by atoms with Gasteiger partial charge >= 0.3 is 5.97 Å². The lowest BCUT2D eigenvalue weighted by molar-refractivity contribution is -0.147. The van der Waals surface area contributed by atoms with Crippen LogP contribution in [0.2, 0.25) is 0 Å². The summed E-state index contributed by atoms with van der Waals surface area (Å²) in [5.74, 6) is -0.293. The lowest BCUT2D eigenvalue weighted by atomic mass is 10.0. The van der Waals surface area contributed by atoms with Crippen molar-refractivity contribution in [3.05, 3.63) is 83.7 Å². The number of nitrogens with zero attached hydrogens (tertiary/aromatic N) is 2. The third kappa shape index (κ3) is 3.74. The second kappa shape index (κ2) is 7.53. The number of likely N-dealkylation sites (N-methyl/N-ethyl adjacent to an activating group) is 1. The predicted octanol–water partition coefficient (Wildman–Crippen LogP) is 3.43. The third-order valence-electron chi connectivity index (χ3n) is 4.64. The quantitative estimate of drug-likeness (QED) is 0.771. The Morgan fingerprint density at radius 3 is 2.64 bits per heavy atom. The maximum Gasteiger partial charge on any atom is 0.340 e. The van der Waals surface area contributed by atoms with E-state index < -0.39 is 0 Å². The van der Waals surface area contributed by atoms with E-state index in [1.54, 1.807) is 0 Å². The Labute approximate surface area is 149 Å². The molecule has 0 unspecified atom stereocenters. The van der Waals surface area contributed by atoms with Crippen LogP contribution in [0.3, 0.4) is 0 Å². The number of allylic oxidation sites excluding steroid dienone is 3. The van der Waals surface area contributed by atoms with Crippen LogP contribution in [0.25, 0.3) is 0 Å². The number of hydrogen-bond acceptors (Lipinski definition) is 4. The molecule has 2 atom stereocenters. The first-order valence-corrected chi connectivity index (χ1v) is 8.52. The second-order valence-electron chi connectivity index (χ2n) is 6.50. The van der Waals surface area contributed by atoms with Crippen LogP contribution in [0.1, 0.15) is 18.6 Å². The van der Waals surface area contributed by atoms with E-state index in [2.05, 4.69) is 11.8 Å². The van der Waals surface area contributed by atoms with E-state index in [-0.39, 0.29) is 18.1 Å². The topological polar surface area (TPSA) is 32.8 Å². The molecule has 1 aromatic carbocycles. The molecule has 4 nitrogen and oxygen atoms in total. The summed E-state index contributed by atoms with van der Waals surface area (Å²) >= 11 is 0. The van der Waals surface area contributed by atoms with Crippen molar-refractivity contribution in [2.75, 3.05) is 20.6 Å². The van der Waals surface area contributed by atoms with Gasteiger partial charge in [0.25, 0.3) is 0 Å². The molecule has 4 heteroatoms. The Morgan fingerprint density at radius 2 is 1.92 bits per heavy atom. The molecule has 1 aromatic rings. The predicted molar refractivity (Wildman–Crippen MR) is 99.6 cm³/mol. The Bertz CT molecular complexity index is 744. The number of carbonyl (C=O) groups excluding carboxylic acids is 1. The first-order chi connectivity index (χ1) is 12.1. The number of benzene rings is 1. The van der Waals surface area contributed by atoms with Crippen molar-refractivity contribution in [2.24, 2.45) is 0 Å². The summed E-state index contributed by atoms with van der Waals surface area (Å²) in [6, 6.07) is 9.97. The number of carbonyl (C=O) groups is 1. The van der Waals surface area contributed by atoms with Crippen LogP contribution >= 0.6 is 0 Å². The van der Waals surface area contributed by atoms with Crippen molar-refractivity contribution in [1.29, 1.82) is 0 Å². The number of fused-ring (bicyclic) bond motifs is 1. The van der Waals surface area contributed by atoms with Crippen LogP contribution in [0.4, 0.5) is 0 Å². The number of hydrogen-bond donors (Lipinski definition) is 0. The zero-order valence-corrected chi connectivity index (χ0v) is 14.9. The number of rotatable bonds is 5. The van der Waals surface area contributed by atoms with Gasteiger partial charge in [-0.15, -0.1) is 0 Å². The molecule has 2 heterocycles. The summed E-state index contributed by atoms with van der Waals surface area (Å²) in [6.45, 7) is 2.83. The van der Waals surface area contributed by atoms with Crippen molar-refractivity contribution >= 4 is 5.97 Å². The minimum absolute atomic E-state index is 0.0578. The standard InChI is InChI=1S/C21H24N2O2/c1-16(22(2)3)20(17-10-5-4-6-11-17)25-21(24)18-12-9-15-23-14-8-7-13-19(18)23/h4-14,16,20H,15H2,1-3H3/t16-,20-/m0/s1. The maximum absolute atomic E-state index is 12.9. The van der Waals surface area contributed by atoms with Crippen LogP contribution in [0, 0.1) is 0 Å². The second-order valence-corrected chi connectivity index (χ2v) is 6.50. The first kappa shape index (κ1) is 17.2. The first-order valence-electron chi connectivity index (χ1n) is 8.52. The van der Waals surface area contributed by atoms with Crippen LogP contribution in [-0.4, -0.2) is 42.5 Å². The summed E-state index contributed by atoms with van der Waals surface area (Å²) in [7, 11) is 3.99. The molecule has 25 heavy (non-hydrogen) atoms. The van der Waals surface area contributed by atoms with Gasteiger partial charge in [-0.2, -0.15) is 0 Å². The molecule has 0 aromatic heterocycles. The van der Waals surface area contributed by atoms with E-state index in [0.717, 1.165) is 17.8 Å². The lowest BCUT2D eigenvalue weighted by Gasteiger charge is -2.31. The molecule has 3 rings (SSSR count). The van der Waals surface area contributed by atoms with Gasteiger partial charge in [-0.25, -0.2) is 4.79 Å². The molecule has 0 N–H and O–H groups in total. The minimum atomic E-state index is -0.330. The molecule has 130 valence electrons. The Hall–Kier alpha value is -2.59. The average molecular weight is 336 g/mol. The summed E-state index contributed by atoms with van der Waals surface area (Å²) in [5.41, 5.74) is 2.48. The molecule has 0 bridgehead atoms. The fraction of sp³-hybridized carbons (Fsp3) is 0.286. The van der Waals surface area contributed by atoms with E-state index >= 15 is 0 Å². The fourth-order valence-electron chi connectivity index (χ4n) is 2.96. The van der Waals surface area contributed by atoms with Crippen LogP contribution in [0.15, 0.2) is 78.2 Å². The van der Waals surface area contributed by atoms with Gasteiger partial charge in [0, 0.05) is 18.8 Å². The molecule has 0 amide bonds. The fourth-order valence-corrected chi connectivity index (χ4v) is 2.96. The van der Waals surface area contributed by atoms with Gasteiger partial charge in [0.1, 0.15) is 6.10 Å². The van der Waals surface area contributed by atoms with Crippen LogP contribution in [0.5, 0.6) is 0 Å². The summed E-state index contributed by atoms with van der Waals surface area (Å²) in [5, 5.41) is 0. The maximum atomic E-state index is 12.9. The van der Waals surface area contributed by atoms with Crippen molar-refractivity contribution in [3.8, 4) is 0 Å². The molecule has 0 aliphatic carbocycles. The molecular weight excluding hydrogens is 312 g/mol. The Balaban J connectivity index is 1.88. The molecule has 0 spiro atoms. The highest BCUT2D eigenvalue weighted by atomic mass is 16.5. The lowest BCUT2D eigenvalue weighted by Crippen LogP contribution is -2.34. The van der Waals surface area contributed by atoms with E-state index in [0.29, 0.717) is 5.57 Å². The van der Waals surface area contributed by atoms with Gasteiger partial charge < -0.3 is 14.5 Å². The minimum Gasteiger partial charge on any atom is -0.452 e. The number of ether oxygens (including phenoxy) is 1. The summed E-state index contributed by atoms with van der Waals surface area (Å²) in [4.78, 5) is 17.0. The van der Waals surface area contributed by atoms with Gasteiger partial charge in [-0.05, 0) is 44.8 Å². The van der Waals surface area contributed by atoms with Gasteiger partial charge in [0.05, 0.1) is 11.3 Å². The van der Waals surface area contributed by atoms with Crippen LogP contribution in [-0.2, 0) is 9.53 Å². The van der Waals surface area contributed by atoms with E-state index in [1.807, 2.05) is 85.9 Å². The molecule has 0 radical (unpaired) electrons. The Kier molecular flexibility index (Phi) is 5.19. The van der Waals surface area contributed by atoms with Gasteiger partial charge in [0.15, 0.2) is 0 Å². The zero-order chi connectivity index (χ0) is 17.8. The Morgan fingerprint density at radius 1 is 1.16 bits per heavy atom. The molecular formula is C21H24N2O2. The highest BCUT2D eigenvalue weighted by Crippen LogP contribution is 2.28. The largest absolute Gasteiger partial charge is 0.452 e. The zero-order valence-electron chi connectivity index (χ0n) is 14.9. The summed E-state index contributed by atoms with van der Waals surface area (Å²) in [6.07, 6.45) is 11.3. The molecule has 0 saturated carbocycles. The smallest absolute Gasteiger partial charge is 0.340 e. The normalized spacial score (nSPS) is 18.3. The molecule has 0 fully saturated rings. The SMILES string of the molecule is C[C@@H]([C@H](OC(=O)C1=C2C=CC=CN2CC=C1)c1ccccc1)N(C)C. The molecule has 0 saturated heterocycles. The summed E-state index contributed by atoms with van der Waals surface area (Å²) < 4.78 is 5.97. The van der Waals surface area contributed by atoms with Crippen LogP contribution < -0.4 is 0 Å². The third-order valence-corrected chi connectivity index (χ3v) is 4.64. The van der Waals surface area contributed by atoms with Crippen molar-refractivity contribution in [3.63, 3.8) is 0 Å². The van der Waals surface area contributed by atoms with Gasteiger partial charge in [-0.3, -0.25) is 0 Å². The van der Waals surface area contributed by atoms with Crippen molar-refractivity contribution < 1.29 is 9.53 Å². The van der Waals surface area contributed by atoms with Crippen molar-refractivity contribution in [2.45, 2.75) is 19.1 Å². The van der Waals surface area contributed by atoms with E-state index in [9.17, 15) is 4.79 Å². The highest BCUT2D eigenvalue weighted by Gasteiger charge is 2.28. The highest BCUT2D eigenvalue weighted by molar-refractivity contribution is 5.93. The van der Waals surface area contributed by atoms with Crippen molar-refractivity contribution in [1.82, 2.24) is 9.80 Å². The molecule has 2 aliphatic heterocycles. The average Bonchev–Trinajstić information content (AvgIpc) is 2.65. The monoisotopic (exact) mass is 336 g/mol.